The van der Waals surface area contributed by atoms with E-state index in [4.69, 9.17) is 0 Å². The van der Waals surface area contributed by atoms with Gasteiger partial charge in [-0.05, 0) is 31.9 Å². The van der Waals surface area contributed by atoms with E-state index in [-0.39, 0.29) is 5.91 Å². The number of benzene rings is 1. The van der Waals surface area contributed by atoms with Crippen molar-refractivity contribution in [1.82, 2.24) is 4.98 Å². The van der Waals surface area contributed by atoms with Crippen molar-refractivity contribution in [2.45, 2.75) is 33.6 Å². The zero-order valence-corrected chi connectivity index (χ0v) is 13.5. The van der Waals surface area contributed by atoms with Crippen molar-refractivity contribution in [2.24, 2.45) is 0 Å². The van der Waals surface area contributed by atoms with Crippen LogP contribution in [-0.2, 0) is 6.42 Å². The molecule has 4 nitrogen and oxygen atoms in total. The lowest BCUT2D eigenvalue weighted by molar-refractivity contribution is 0.102. The first kappa shape index (κ1) is 15.5. The summed E-state index contributed by atoms with van der Waals surface area (Å²) in [6.07, 6.45) is 1.90. The number of amides is 1. The molecule has 0 unspecified atom stereocenters. The second kappa shape index (κ2) is 7.22. The van der Waals surface area contributed by atoms with Crippen molar-refractivity contribution in [1.29, 1.82) is 0 Å². The van der Waals surface area contributed by atoms with Crippen LogP contribution in [0.2, 0.25) is 0 Å². The third kappa shape index (κ3) is 3.82. The van der Waals surface area contributed by atoms with Crippen molar-refractivity contribution in [3.63, 3.8) is 0 Å². The lowest BCUT2D eigenvalue weighted by Gasteiger charge is -2.10. The Morgan fingerprint density at radius 3 is 2.71 bits per heavy atom. The van der Waals surface area contributed by atoms with Gasteiger partial charge in [0, 0.05) is 17.1 Å². The molecule has 1 heterocycles. The summed E-state index contributed by atoms with van der Waals surface area (Å²) >= 11 is 1.52. The van der Waals surface area contributed by atoms with Gasteiger partial charge in [-0.3, -0.25) is 10.1 Å². The van der Waals surface area contributed by atoms with Crippen LogP contribution in [0.4, 0.5) is 10.8 Å². The fourth-order valence-corrected chi connectivity index (χ4v) is 2.97. The summed E-state index contributed by atoms with van der Waals surface area (Å²) in [5.74, 6) is -0.120. The number of carbonyl (C=O) groups excluding carboxylic acids is 1. The number of aromatic nitrogens is 1. The number of hydrogen-bond donors (Lipinski definition) is 2. The highest BCUT2D eigenvalue weighted by molar-refractivity contribution is 7.15. The molecule has 1 aromatic heterocycles. The summed E-state index contributed by atoms with van der Waals surface area (Å²) in [5, 5.41) is 6.84. The fourth-order valence-electron chi connectivity index (χ4n) is 2.07. The summed E-state index contributed by atoms with van der Waals surface area (Å²) in [6.45, 7) is 7.04. The predicted molar refractivity (Wildman–Crippen MR) is 89.4 cm³/mol. The average Bonchev–Trinajstić information content (AvgIpc) is 2.85. The molecule has 2 aromatic rings. The predicted octanol–water partition coefficient (Wildman–Crippen LogP) is 4.09. The van der Waals surface area contributed by atoms with Gasteiger partial charge in [-0.1, -0.05) is 26.0 Å². The SMILES string of the molecule is CCCNc1ccccc1C(=O)Nc1nc(CC)c(C)s1. The molecule has 112 valence electrons. The van der Waals surface area contributed by atoms with Crippen molar-refractivity contribution < 1.29 is 4.79 Å². The van der Waals surface area contributed by atoms with Crippen molar-refractivity contribution in [3.05, 3.63) is 40.4 Å². The number of nitrogens with zero attached hydrogens (tertiary/aromatic N) is 1. The number of nitrogens with one attached hydrogen (secondary N) is 2. The summed E-state index contributed by atoms with van der Waals surface area (Å²) < 4.78 is 0. The van der Waals surface area contributed by atoms with Crippen LogP contribution in [-0.4, -0.2) is 17.4 Å². The van der Waals surface area contributed by atoms with Gasteiger partial charge in [-0.25, -0.2) is 4.98 Å². The smallest absolute Gasteiger partial charge is 0.259 e. The summed E-state index contributed by atoms with van der Waals surface area (Å²) in [5.41, 5.74) is 2.56. The Morgan fingerprint density at radius 1 is 1.29 bits per heavy atom. The van der Waals surface area contributed by atoms with Gasteiger partial charge in [-0.15, -0.1) is 11.3 Å². The minimum atomic E-state index is -0.120. The maximum absolute atomic E-state index is 12.4. The highest BCUT2D eigenvalue weighted by atomic mass is 32.1. The summed E-state index contributed by atoms with van der Waals surface area (Å²) in [7, 11) is 0. The normalized spacial score (nSPS) is 10.4. The van der Waals surface area contributed by atoms with Gasteiger partial charge in [0.25, 0.3) is 5.91 Å². The van der Waals surface area contributed by atoms with Crippen LogP contribution in [0, 0.1) is 6.92 Å². The number of hydrogen-bond acceptors (Lipinski definition) is 4. The molecule has 0 aliphatic heterocycles. The molecule has 21 heavy (non-hydrogen) atoms. The molecule has 0 saturated carbocycles. The lowest BCUT2D eigenvalue weighted by atomic mass is 10.1. The maximum Gasteiger partial charge on any atom is 0.259 e. The Morgan fingerprint density at radius 2 is 2.05 bits per heavy atom. The van der Waals surface area contributed by atoms with E-state index in [0.29, 0.717) is 10.7 Å². The van der Waals surface area contributed by atoms with E-state index in [1.54, 1.807) is 0 Å². The Balaban J connectivity index is 2.16. The van der Waals surface area contributed by atoms with E-state index in [2.05, 4.69) is 29.5 Å². The molecular weight excluding hydrogens is 282 g/mol. The standard InChI is InChI=1S/C16H21N3OS/c1-4-10-17-14-9-7-6-8-12(14)15(20)19-16-18-13(5-2)11(3)21-16/h6-9,17H,4-5,10H2,1-3H3,(H,18,19,20). The van der Waals surface area contributed by atoms with Crippen LogP contribution in [0.25, 0.3) is 0 Å². The van der Waals surface area contributed by atoms with Crippen LogP contribution in [0.1, 0.15) is 41.2 Å². The molecule has 1 amide bonds. The number of carbonyl (C=O) groups is 1. The molecule has 0 saturated heterocycles. The quantitative estimate of drug-likeness (QED) is 0.845. The van der Waals surface area contributed by atoms with E-state index in [0.717, 1.165) is 35.6 Å². The van der Waals surface area contributed by atoms with Gasteiger partial charge in [0.05, 0.1) is 11.3 Å². The van der Waals surface area contributed by atoms with Gasteiger partial charge < -0.3 is 5.32 Å². The average molecular weight is 303 g/mol. The molecule has 0 radical (unpaired) electrons. The zero-order valence-electron chi connectivity index (χ0n) is 12.7. The number of para-hydroxylation sites is 1. The second-order valence-electron chi connectivity index (χ2n) is 4.80. The molecule has 0 fully saturated rings. The van der Waals surface area contributed by atoms with Crippen LogP contribution in [0.3, 0.4) is 0 Å². The molecule has 0 bridgehead atoms. The summed E-state index contributed by atoms with van der Waals surface area (Å²) in [6, 6.07) is 7.55. The molecule has 2 rings (SSSR count). The van der Waals surface area contributed by atoms with Crippen LogP contribution >= 0.6 is 11.3 Å². The number of rotatable bonds is 6. The molecule has 2 N–H and O–H groups in total. The highest BCUT2D eigenvalue weighted by Gasteiger charge is 2.13. The molecule has 0 aliphatic carbocycles. The van der Waals surface area contributed by atoms with Crippen molar-refractivity contribution in [3.8, 4) is 0 Å². The van der Waals surface area contributed by atoms with E-state index in [1.807, 2.05) is 31.2 Å². The van der Waals surface area contributed by atoms with E-state index in [9.17, 15) is 4.79 Å². The minimum Gasteiger partial charge on any atom is -0.384 e. The topological polar surface area (TPSA) is 54.0 Å². The maximum atomic E-state index is 12.4. The van der Waals surface area contributed by atoms with Crippen molar-refractivity contribution in [2.75, 3.05) is 17.2 Å². The molecule has 0 atom stereocenters. The van der Waals surface area contributed by atoms with E-state index in [1.165, 1.54) is 11.3 Å². The number of thiazole rings is 1. The van der Waals surface area contributed by atoms with Gasteiger partial charge in [-0.2, -0.15) is 0 Å². The fraction of sp³-hybridized carbons (Fsp3) is 0.375. The van der Waals surface area contributed by atoms with Gasteiger partial charge in [0.15, 0.2) is 5.13 Å². The number of anilines is 2. The highest BCUT2D eigenvalue weighted by Crippen LogP contribution is 2.24. The third-order valence-corrected chi connectivity index (χ3v) is 4.11. The first-order valence-corrected chi connectivity index (χ1v) is 8.07. The van der Waals surface area contributed by atoms with Crippen LogP contribution < -0.4 is 10.6 Å². The van der Waals surface area contributed by atoms with Crippen LogP contribution in [0.15, 0.2) is 24.3 Å². The Labute approximate surface area is 129 Å². The van der Waals surface area contributed by atoms with Gasteiger partial charge in [0.1, 0.15) is 0 Å². The Hall–Kier alpha value is -1.88. The van der Waals surface area contributed by atoms with E-state index >= 15 is 0 Å². The second-order valence-corrected chi connectivity index (χ2v) is 6.01. The third-order valence-electron chi connectivity index (χ3n) is 3.19. The summed E-state index contributed by atoms with van der Waals surface area (Å²) in [4.78, 5) is 18.0. The van der Waals surface area contributed by atoms with E-state index < -0.39 is 0 Å². The first-order chi connectivity index (χ1) is 10.2. The Kier molecular flexibility index (Phi) is 5.33. The van der Waals surface area contributed by atoms with Gasteiger partial charge in [0.2, 0.25) is 0 Å². The largest absolute Gasteiger partial charge is 0.384 e. The lowest BCUT2D eigenvalue weighted by Crippen LogP contribution is -2.15. The molecule has 1 aromatic carbocycles. The number of aryl methyl sites for hydroxylation is 2. The molecule has 5 heteroatoms. The first-order valence-electron chi connectivity index (χ1n) is 7.26. The Bertz CT molecular complexity index is 622. The minimum absolute atomic E-state index is 0.120. The van der Waals surface area contributed by atoms with Gasteiger partial charge >= 0.3 is 0 Å². The van der Waals surface area contributed by atoms with Crippen LogP contribution in [0.5, 0.6) is 0 Å². The molecule has 0 aliphatic rings. The zero-order chi connectivity index (χ0) is 15.2. The molecule has 0 spiro atoms. The van der Waals surface area contributed by atoms with Crippen molar-refractivity contribution >= 4 is 28.1 Å². The molecular formula is C16H21N3OS. The monoisotopic (exact) mass is 303 g/mol.